The Bertz CT molecular complexity index is 414. The Kier molecular flexibility index (Phi) is 3.87. The molecule has 2 rings (SSSR count). The number of carbonyl (C=O) groups is 1. The lowest BCUT2D eigenvalue weighted by Crippen LogP contribution is -2.37. The zero-order valence-corrected chi connectivity index (χ0v) is 10.5. The zero-order chi connectivity index (χ0) is 13.1. The van der Waals surface area contributed by atoms with Gasteiger partial charge in [-0.05, 0) is 50.5 Å². The van der Waals surface area contributed by atoms with Crippen molar-refractivity contribution in [1.82, 2.24) is 4.90 Å². The number of aliphatic hydroxyl groups is 1. The molecule has 18 heavy (non-hydrogen) atoms. The quantitative estimate of drug-likeness (QED) is 0.858. The normalized spacial score (nSPS) is 21.0. The highest BCUT2D eigenvalue weighted by atomic mass is 16.3. The molecule has 1 aliphatic rings. The van der Waals surface area contributed by atoms with E-state index < -0.39 is 0 Å². The van der Waals surface area contributed by atoms with Crippen LogP contribution in [0, 0.1) is 0 Å². The predicted molar refractivity (Wildman–Crippen MR) is 68.5 cm³/mol. The molecule has 0 saturated carbocycles. The van der Waals surface area contributed by atoms with Crippen molar-refractivity contribution in [3.8, 4) is 5.75 Å². The molecule has 1 aromatic carbocycles. The van der Waals surface area contributed by atoms with E-state index in [0.717, 1.165) is 19.4 Å². The molecule has 1 saturated heterocycles. The Morgan fingerprint density at radius 3 is 2.72 bits per heavy atom. The molecule has 4 heteroatoms. The van der Waals surface area contributed by atoms with Gasteiger partial charge in [-0.2, -0.15) is 0 Å². The molecule has 1 aromatic rings. The van der Waals surface area contributed by atoms with Crippen LogP contribution in [-0.4, -0.2) is 39.7 Å². The maximum Gasteiger partial charge on any atom is 0.254 e. The molecule has 2 N–H and O–H groups in total. The van der Waals surface area contributed by atoms with Crippen LogP contribution in [0.3, 0.4) is 0 Å². The minimum Gasteiger partial charge on any atom is -0.508 e. The SMILES string of the molecule is CC(O)CC1CCCN1C(=O)c1ccc(O)cc1. The lowest BCUT2D eigenvalue weighted by Gasteiger charge is -2.25. The molecule has 0 spiro atoms. The van der Waals surface area contributed by atoms with Crippen LogP contribution >= 0.6 is 0 Å². The van der Waals surface area contributed by atoms with Gasteiger partial charge in [-0.25, -0.2) is 0 Å². The smallest absolute Gasteiger partial charge is 0.254 e. The fourth-order valence-electron chi connectivity index (χ4n) is 2.51. The number of phenolic OH excluding ortho intramolecular Hbond substituents is 1. The number of nitrogens with zero attached hydrogens (tertiary/aromatic N) is 1. The van der Waals surface area contributed by atoms with Crippen molar-refractivity contribution < 1.29 is 15.0 Å². The summed E-state index contributed by atoms with van der Waals surface area (Å²) in [5, 5.41) is 18.7. The Balaban J connectivity index is 2.10. The van der Waals surface area contributed by atoms with Gasteiger partial charge in [0.05, 0.1) is 6.10 Å². The first-order chi connectivity index (χ1) is 8.58. The summed E-state index contributed by atoms with van der Waals surface area (Å²) in [4.78, 5) is 14.1. The molecule has 0 aliphatic carbocycles. The molecule has 2 unspecified atom stereocenters. The second-order valence-corrected chi connectivity index (χ2v) is 4.93. The van der Waals surface area contributed by atoms with Crippen molar-refractivity contribution in [3.05, 3.63) is 29.8 Å². The third-order valence-corrected chi connectivity index (χ3v) is 3.37. The summed E-state index contributed by atoms with van der Waals surface area (Å²) in [5.41, 5.74) is 0.588. The van der Waals surface area contributed by atoms with Crippen LogP contribution in [0.5, 0.6) is 5.75 Å². The van der Waals surface area contributed by atoms with Crippen LogP contribution in [0.25, 0.3) is 0 Å². The Morgan fingerprint density at radius 1 is 1.44 bits per heavy atom. The topological polar surface area (TPSA) is 60.8 Å². The molecule has 1 aliphatic heterocycles. The zero-order valence-electron chi connectivity index (χ0n) is 10.5. The predicted octanol–water partition coefficient (Wildman–Crippen LogP) is 1.77. The fourth-order valence-corrected chi connectivity index (χ4v) is 2.51. The van der Waals surface area contributed by atoms with Gasteiger partial charge in [0.1, 0.15) is 5.75 Å². The molecular weight excluding hydrogens is 230 g/mol. The van der Waals surface area contributed by atoms with E-state index in [1.54, 1.807) is 19.1 Å². The van der Waals surface area contributed by atoms with Crippen LogP contribution in [0.4, 0.5) is 0 Å². The maximum absolute atomic E-state index is 12.3. The molecule has 1 fully saturated rings. The molecule has 1 heterocycles. The van der Waals surface area contributed by atoms with Gasteiger partial charge in [0.2, 0.25) is 0 Å². The largest absolute Gasteiger partial charge is 0.508 e. The minimum atomic E-state index is -0.386. The summed E-state index contributed by atoms with van der Waals surface area (Å²) in [6, 6.07) is 6.44. The first kappa shape index (κ1) is 12.9. The first-order valence-electron chi connectivity index (χ1n) is 6.36. The van der Waals surface area contributed by atoms with Gasteiger partial charge < -0.3 is 15.1 Å². The van der Waals surface area contributed by atoms with Gasteiger partial charge in [-0.1, -0.05) is 0 Å². The lowest BCUT2D eigenvalue weighted by molar-refractivity contribution is 0.0682. The minimum absolute atomic E-state index is 0.0156. The standard InChI is InChI=1S/C14H19NO3/c1-10(16)9-12-3-2-8-15(12)14(18)11-4-6-13(17)7-5-11/h4-7,10,12,16-17H,2-3,8-9H2,1H3. The molecule has 2 atom stereocenters. The molecule has 1 amide bonds. The summed E-state index contributed by atoms with van der Waals surface area (Å²) in [6.07, 6.45) is 2.18. The van der Waals surface area contributed by atoms with Gasteiger partial charge in [0.15, 0.2) is 0 Å². The van der Waals surface area contributed by atoms with Crippen LogP contribution < -0.4 is 0 Å². The highest BCUT2D eigenvalue weighted by Crippen LogP contribution is 2.24. The second-order valence-electron chi connectivity index (χ2n) is 4.93. The average Bonchev–Trinajstić information content (AvgIpc) is 2.76. The summed E-state index contributed by atoms with van der Waals surface area (Å²) >= 11 is 0. The number of rotatable bonds is 3. The Morgan fingerprint density at radius 2 is 2.11 bits per heavy atom. The van der Waals surface area contributed by atoms with Crippen molar-refractivity contribution >= 4 is 5.91 Å². The Hall–Kier alpha value is -1.55. The second kappa shape index (κ2) is 5.40. The van der Waals surface area contributed by atoms with E-state index in [4.69, 9.17) is 0 Å². The van der Waals surface area contributed by atoms with E-state index in [-0.39, 0.29) is 23.8 Å². The monoisotopic (exact) mass is 249 g/mol. The molecule has 0 bridgehead atoms. The van der Waals surface area contributed by atoms with Gasteiger partial charge >= 0.3 is 0 Å². The third-order valence-electron chi connectivity index (χ3n) is 3.37. The van der Waals surface area contributed by atoms with E-state index in [2.05, 4.69) is 0 Å². The molecule has 0 aromatic heterocycles. The number of aliphatic hydroxyl groups excluding tert-OH is 1. The number of likely N-dealkylation sites (tertiary alicyclic amines) is 1. The van der Waals surface area contributed by atoms with Gasteiger partial charge in [0, 0.05) is 18.2 Å². The number of hydrogen-bond acceptors (Lipinski definition) is 3. The molecule has 4 nitrogen and oxygen atoms in total. The Labute approximate surface area is 107 Å². The van der Waals surface area contributed by atoms with E-state index in [1.165, 1.54) is 12.1 Å². The van der Waals surface area contributed by atoms with Crippen LogP contribution in [-0.2, 0) is 0 Å². The van der Waals surface area contributed by atoms with Crippen molar-refractivity contribution in [3.63, 3.8) is 0 Å². The van der Waals surface area contributed by atoms with E-state index in [1.807, 2.05) is 4.90 Å². The number of hydrogen-bond donors (Lipinski definition) is 2. The maximum atomic E-state index is 12.3. The molecule has 98 valence electrons. The van der Waals surface area contributed by atoms with E-state index in [0.29, 0.717) is 12.0 Å². The summed E-state index contributed by atoms with van der Waals surface area (Å²) in [6.45, 7) is 2.50. The molecular formula is C14H19NO3. The number of benzene rings is 1. The van der Waals surface area contributed by atoms with Crippen LogP contribution in [0.2, 0.25) is 0 Å². The molecule has 0 radical (unpaired) electrons. The number of amides is 1. The van der Waals surface area contributed by atoms with Gasteiger partial charge in [0.25, 0.3) is 5.91 Å². The van der Waals surface area contributed by atoms with Gasteiger partial charge in [-0.3, -0.25) is 4.79 Å². The van der Waals surface area contributed by atoms with Crippen molar-refractivity contribution in [2.24, 2.45) is 0 Å². The fraction of sp³-hybridized carbons (Fsp3) is 0.500. The van der Waals surface area contributed by atoms with Crippen molar-refractivity contribution in [2.75, 3.05) is 6.54 Å². The average molecular weight is 249 g/mol. The number of phenols is 1. The third kappa shape index (κ3) is 2.82. The summed E-state index contributed by atoms with van der Waals surface area (Å²) in [5.74, 6) is 0.145. The van der Waals surface area contributed by atoms with Crippen LogP contribution in [0.15, 0.2) is 24.3 Å². The van der Waals surface area contributed by atoms with Crippen LogP contribution in [0.1, 0.15) is 36.5 Å². The summed E-state index contributed by atoms with van der Waals surface area (Å²) in [7, 11) is 0. The highest BCUT2D eigenvalue weighted by molar-refractivity contribution is 5.94. The van der Waals surface area contributed by atoms with Crippen molar-refractivity contribution in [2.45, 2.75) is 38.3 Å². The first-order valence-corrected chi connectivity index (χ1v) is 6.36. The van der Waals surface area contributed by atoms with Gasteiger partial charge in [-0.15, -0.1) is 0 Å². The summed E-state index contributed by atoms with van der Waals surface area (Å²) < 4.78 is 0. The van der Waals surface area contributed by atoms with Crippen molar-refractivity contribution in [1.29, 1.82) is 0 Å². The number of aromatic hydroxyl groups is 1. The van der Waals surface area contributed by atoms with E-state index >= 15 is 0 Å². The lowest BCUT2D eigenvalue weighted by atomic mass is 10.1. The number of carbonyl (C=O) groups excluding carboxylic acids is 1. The van der Waals surface area contributed by atoms with E-state index in [9.17, 15) is 15.0 Å². The highest BCUT2D eigenvalue weighted by Gasteiger charge is 2.29.